The largest absolute Gasteiger partial charge is 0.496 e. The lowest BCUT2D eigenvalue weighted by Crippen LogP contribution is -2.36. The van der Waals surface area contributed by atoms with Crippen molar-refractivity contribution in [2.24, 2.45) is 10.2 Å². The average molecular weight is 578 g/mol. The first-order valence-electron chi connectivity index (χ1n) is 12.6. The fourth-order valence-electron chi connectivity index (χ4n) is 4.24. The number of halogens is 1. The standard InChI is InChI=1S/C26H28FN11O2S/c1-40-20-6-5-14(27)11-18(20)22(39)19-13-31-26(33-23(19)28)32-15-7-9-38(10-8-15)41-17-4-2-3-16(12-17)34-35-21-24(29)36-37-25(21)30/h2-6,11-13,15H,7-10H2,1H3,(H3,28,31,32,33)(H5,29,30,36,37)/b35-34+. The average Bonchev–Trinajstić information content (AvgIpc) is 3.29. The van der Waals surface area contributed by atoms with Gasteiger partial charge in [-0.15, -0.1) is 5.11 Å². The van der Waals surface area contributed by atoms with Gasteiger partial charge in [0, 0.05) is 30.2 Å². The Hall–Kier alpha value is -4.76. The van der Waals surface area contributed by atoms with Gasteiger partial charge in [0.25, 0.3) is 0 Å². The maximum absolute atomic E-state index is 13.8. The number of piperidine rings is 1. The number of ether oxygens (including phenoxy) is 1. The summed E-state index contributed by atoms with van der Waals surface area (Å²) in [6.07, 6.45) is 3.04. The molecule has 0 unspecified atom stereocenters. The molecular formula is C26H28FN11O2S. The van der Waals surface area contributed by atoms with Crippen LogP contribution in [-0.4, -0.2) is 56.5 Å². The monoisotopic (exact) mass is 577 g/mol. The number of hydrogen-bond donors (Lipinski definition) is 5. The highest BCUT2D eigenvalue weighted by atomic mass is 32.2. The highest BCUT2D eigenvalue weighted by Gasteiger charge is 2.23. The molecule has 5 rings (SSSR count). The van der Waals surface area contributed by atoms with Crippen LogP contribution in [0.15, 0.2) is 63.8 Å². The molecular weight excluding hydrogens is 549 g/mol. The van der Waals surface area contributed by atoms with E-state index in [0.29, 0.717) is 17.3 Å². The van der Waals surface area contributed by atoms with Crippen molar-refractivity contribution in [3.8, 4) is 5.75 Å². The molecule has 1 fully saturated rings. The van der Waals surface area contributed by atoms with E-state index in [9.17, 15) is 9.18 Å². The molecule has 1 aliphatic heterocycles. The summed E-state index contributed by atoms with van der Waals surface area (Å²) in [6.45, 7) is 1.64. The maximum Gasteiger partial charge on any atom is 0.224 e. The Kier molecular flexibility index (Phi) is 8.26. The SMILES string of the molecule is COc1ccc(F)cc1C(=O)c1cnc(NC2CCN(Sc3cccc(/N=N/c4c(N)n[nH]c4N)c3)CC2)nc1N. The first kappa shape index (κ1) is 27.8. The first-order chi connectivity index (χ1) is 19.8. The van der Waals surface area contributed by atoms with Gasteiger partial charge in [0.1, 0.15) is 23.2 Å². The number of anilines is 4. The lowest BCUT2D eigenvalue weighted by molar-refractivity contribution is 0.103. The zero-order valence-electron chi connectivity index (χ0n) is 22.0. The fraction of sp³-hybridized carbons (Fsp3) is 0.231. The molecule has 0 saturated carbocycles. The molecule has 2 aromatic heterocycles. The molecule has 41 heavy (non-hydrogen) atoms. The van der Waals surface area contributed by atoms with Gasteiger partial charge >= 0.3 is 0 Å². The molecule has 0 atom stereocenters. The van der Waals surface area contributed by atoms with E-state index in [1.165, 1.54) is 25.4 Å². The number of H-pyrrole nitrogens is 1. The Bertz CT molecular complexity index is 1570. The van der Waals surface area contributed by atoms with Crippen molar-refractivity contribution in [1.82, 2.24) is 24.5 Å². The number of azo groups is 1. The maximum atomic E-state index is 13.8. The number of benzene rings is 2. The fourth-order valence-corrected chi connectivity index (χ4v) is 5.25. The molecule has 0 radical (unpaired) electrons. The number of hydrogen-bond acceptors (Lipinski definition) is 13. The van der Waals surface area contributed by atoms with Crippen molar-refractivity contribution in [2.75, 3.05) is 42.7 Å². The predicted octanol–water partition coefficient (Wildman–Crippen LogP) is 4.32. The number of aromatic nitrogens is 4. The van der Waals surface area contributed by atoms with E-state index in [2.05, 4.69) is 40.0 Å². The summed E-state index contributed by atoms with van der Waals surface area (Å²) < 4.78 is 21.2. The molecule has 212 valence electrons. The van der Waals surface area contributed by atoms with Gasteiger partial charge in [-0.25, -0.2) is 13.7 Å². The van der Waals surface area contributed by atoms with Gasteiger partial charge in [-0.1, -0.05) is 6.07 Å². The number of nitrogens with two attached hydrogens (primary N) is 3. The normalized spacial score (nSPS) is 14.4. The quantitative estimate of drug-likeness (QED) is 0.108. The Morgan fingerprint density at radius 2 is 1.93 bits per heavy atom. The van der Waals surface area contributed by atoms with E-state index in [1.54, 1.807) is 11.9 Å². The summed E-state index contributed by atoms with van der Waals surface area (Å²) in [5, 5.41) is 18.0. The van der Waals surface area contributed by atoms with Crippen molar-refractivity contribution in [3.63, 3.8) is 0 Å². The van der Waals surface area contributed by atoms with Gasteiger partial charge in [-0.3, -0.25) is 9.89 Å². The molecule has 8 N–H and O–H groups in total. The molecule has 1 aliphatic rings. The second kappa shape index (κ2) is 12.2. The van der Waals surface area contributed by atoms with Gasteiger partial charge in [0.15, 0.2) is 11.5 Å². The van der Waals surface area contributed by atoms with Gasteiger partial charge in [0.2, 0.25) is 11.7 Å². The highest BCUT2D eigenvalue weighted by Crippen LogP contribution is 2.32. The first-order valence-corrected chi connectivity index (χ1v) is 13.4. The summed E-state index contributed by atoms with van der Waals surface area (Å²) in [4.78, 5) is 22.5. The Morgan fingerprint density at radius 1 is 1.12 bits per heavy atom. The lowest BCUT2D eigenvalue weighted by atomic mass is 10.0. The minimum Gasteiger partial charge on any atom is -0.496 e. The van der Waals surface area contributed by atoms with E-state index >= 15 is 0 Å². The van der Waals surface area contributed by atoms with E-state index in [4.69, 9.17) is 21.9 Å². The Labute approximate surface area is 238 Å². The minimum atomic E-state index is -0.559. The summed E-state index contributed by atoms with van der Waals surface area (Å²) in [5.41, 5.74) is 18.7. The number of methoxy groups -OCH3 is 1. The second-order valence-corrected chi connectivity index (χ2v) is 10.3. The third kappa shape index (κ3) is 6.53. The number of rotatable bonds is 9. The predicted molar refractivity (Wildman–Crippen MR) is 155 cm³/mol. The van der Waals surface area contributed by atoms with E-state index in [-0.39, 0.29) is 40.4 Å². The van der Waals surface area contributed by atoms with Crippen molar-refractivity contribution >= 4 is 52.5 Å². The molecule has 13 nitrogen and oxygen atoms in total. The van der Waals surface area contributed by atoms with Gasteiger partial charge in [0.05, 0.1) is 23.9 Å². The molecule has 0 aliphatic carbocycles. The zero-order chi connectivity index (χ0) is 28.9. The third-order valence-electron chi connectivity index (χ3n) is 6.37. The van der Waals surface area contributed by atoms with Crippen LogP contribution in [0.4, 0.5) is 39.2 Å². The number of carbonyl (C=O) groups excluding carboxylic acids is 1. The number of carbonyl (C=O) groups is 1. The van der Waals surface area contributed by atoms with E-state index < -0.39 is 11.6 Å². The molecule has 1 saturated heterocycles. The Morgan fingerprint density at radius 3 is 2.63 bits per heavy atom. The number of ketones is 1. The molecule has 15 heteroatoms. The van der Waals surface area contributed by atoms with Gasteiger partial charge < -0.3 is 27.3 Å². The molecule has 2 aromatic carbocycles. The second-order valence-electron chi connectivity index (χ2n) is 9.17. The van der Waals surface area contributed by atoms with Crippen molar-refractivity contribution in [2.45, 2.75) is 23.8 Å². The topological polar surface area (TPSA) is 199 Å². The lowest BCUT2D eigenvalue weighted by Gasteiger charge is -2.31. The summed E-state index contributed by atoms with van der Waals surface area (Å²) in [5.74, 6) is -0.0587. The van der Waals surface area contributed by atoms with E-state index in [1.807, 2.05) is 24.3 Å². The van der Waals surface area contributed by atoms with E-state index in [0.717, 1.165) is 36.9 Å². The number of nitrogens with one attached hydrogen (secondary N) is 2. The van der Waals surface area contributed by atoms with Crippen molar-refractivity contribution < 1.29 is 13.9 Å². The van der Waals surface area contributed by atoms with Crippen LogP contribution in [0.25, 0.3) is 0 Å². The molecule has 0 spiro atoms. The van der Waals surface area contributed by atoms with Crippen LogP contribution >= 0.6 is 11.9 Å². The number of nitrogen functional groups attached to an aromatic ring is 3. The number of aromatic amines is 1. The zero-order valence-corrected chi connectivity index (χ0v) is 22.9. The van der Waals surface area contributed by atoms with Crippen molar-refractivity contribution in [3.05, 3.63) is 65.6 Å². The van der Waals surface area contributed by atoms with Crippen molar-refractivity contribution in [1.29, 1.82) is 0 Å². The molecule has 0 amide bonds. The van der Waals surface area contributed by atoms with Gasteiger partial charge in [-0.05, 0) is 61.2 Å². The Balaban J connectivity index is 1.16. The molecule has 4 aromatic rings. The summed E-state index contributed by atoms with van der Waals surface area (Å²) in [7, 11) is 1.40. The van der Waals surface area contributed by atoms with Gasteiger partial charge in [-0.2, -0.15) is 15.2 Å². The highest BCUT2D eigenvalue weighted by molar-refractivity contribution is 7.97. The third-order valence-corrected chi connectivity index (χ3v) is 7.46. The van der Waals surface area contributed by atoms with Crippen LogP contribution in [0.1, 0.15) is 28.8 Å². The summed E-state index contributed by atoms with van der Waals surface area (Å²) >= 11 is 1.64. The van der Waals surface area contributed by atoms with Crippen LogP contribution in [0.5, 0.6) is 5.75 Å². The summed E-state index contributed by atoms with van der Waals surface area (Å²) in [6, 6.07) is 11.5. The minimum absolute atomic E-state index is 0.00183. The van der Waals surface area contributed by atoms with Crippen LogP contribution in [-0.2, 0) is 0 Å². The van der Waals surface area contributed by atoms with Crippen LogP contribution in [0.3, 0.4) is 0 Å². The molecule has 0 bridgehead atoms. The van der Waals surface area contributed by atoms with Crippen LogP contribution < -0.4 is 27.3 Å². The van der Waals surface area contributed by atoms with Crippen LogP contribution in [0.2, 0.25) is 0 Å². The molecule has 3 heterocycles. The number of nitrogens with zero attached hydrogens (tertiary/aromatic N) is 6. The smallest absolute Gasteiger partial charge is 0.224 e. The van der Waals surface area contributed by atoms with Crippen LogP contribution in [0, 0.1) is 5.82 Å².